The fourth-order valence-corrected chi connectivity index (χ4v) is 4.25. The number of nitrogens with one attached hydrogen (secondary N) is 1. The first-order valence-electron chi connectivity index (χ1n) is 9.56. The molecule has 0 unspecified atom stereocenters. The number of rotatable bonds is 8. The Morgan fingerprint density at radius 1 is 0.967 bits per heavy atom. The number of ether oxygens (including phenoxy) is 1. The SMILES string of the molecule is CCOc1cccc(CNC(=O)c2ccccc2N(C)S(=O)(=O)c2ccccc2)c1. The van der Waals surface area contributed by atoms with Gasteiger partial charge in [0.2, 0.25) is 0 Å². The molecule has 1 N–H and O–H groups in total. The molecular weight excluding hydrogens is 400 g/mol. The molecule has 0 bridgehead atoms. The predicted octanol–water partition coefficient (Wildman–Crippen LogP) is 3.84. The summed E-state index contributed by atoms with van der Waals surface area (Å²) < 4.78 is 32.5. The van der Waals surface area contributed by atoms with Gasteiger partial charge >= 0.3 is 0 Å². The molecule has 1 amide bonds. The molecule has 3 rings (SSSR count). The molecule has 156 valence electrons. The second-order valence-electron chi connectivity index (χ2n) is 6.57. The molecule has 0 radical (unpaired) electrons. The summed E-state index contributed by atoms with van der Waals surface area (Å²) in [5.74, 6) is 0.376. The molecule has 0 saturated heterocycles. The van der Waals surface area contributed by atoms with Crippen molar-refractivity contribution in [3.05, 3.63) is 90.0 Å². The Morgan fingerprint density at radius 2 is 1.67 bits per heavy atom. The Morgan fingerprint density at radius 3 is 2.40 bits per heavy atom. The molecule has 0 aliphatic heterocycles. The molecule has 0 fully saturated rings. The number of hydrogen-bond acceptors (Lipinski definition) is 4. The lowest BCUT2D eigenvalue weighted by atomic mass is 10.1. The first kappa shape index (κ1) is 21.4. The highest BCUT2D eigenvalue weighted by Gasteiger charge is 2.24. The number of benzene rings is 3. The molecule has 3 aromatic carbocycles. The number of anilines is 1. The van der Waals surface area contributed by atoms with Gasteiger partial charge in [-0.1, -0.05) is 42.5 Å². The standard InChI is InChI=1S/C23H24N2O4S/c1-3-29-19-11-9-10-18(16-19)17-24-23(26)21-14-7-8-15-22(21)25(2)30(27,28)20-12-5-4-6-13-20/h4-16H,3,17H2,1-2H3,(H,24,26). The number of hydrogen-bond donors (Lipinski definition) is 1. The number of amides is 1. The molecule has 0 atom stereocenters. The molecule has 0 spiro atoms. The van der Waals surface area contributed by atoms with Crippen LogP contribution in [0.4, 0.5) is 5.69 Å². The summed E-state index contributed by atoms with van der Waals surface area (Å²) >= 11 is 0. The van der Waals surface area contributed by atoms with E-state index in [0.717, 1.165) is 15.6 Å². The van der Waals surface area contributed by atoms with Gasteiger partial charge in [-0.15, -0.1) is 0 Å². The average molecular weight is 425 g/mol. The zero-order valence-corrected chi connectivity index (χ0v) is 17.7. The quantitative estimate of drug-likeness (QED) is 0.596. The van der Waals surface area contributed by atoms with Crippen LogP contribution in [0.5, 0.6) is 5.75 Å². The van der Waals surface area contributed by atoms with Gasteiger partial charge in [0.05, 0.1) is 22.8 Å². The van der Waals surface area contributed by atoms with Gasteiger partial charge in [0.15, 0.2) is 0 Å². The number of para-hydroxylation sites is 1. The maximum atomic E-state index is 13.0. The normalized spacial score (nSPS) is 11.0. The summed E-state index contributed by atoms with van der Waals surface area (Å²) in [5, 5.41) is 2.86. The van der Waals surface area contributed by atoms with E-state index in [0.29, 0.717) is 18.8 Å². The second-order valence-corrected chi connectivity index (χ2v) is 8.54. The van der Waals surface area contributed by atoms with Gasteiger partial charge in [0.1, 0.15) is 5.75 Å². The lowest BCUT2D eigenvalue weighted by Gasteiger charge is -2.22. The van der Waals surface area contributed by atoms with Crippen molar-refractivity contribution >= 4 is 21.6 Å². The van der Waals surface area contributed by atoms with Crippen molar-refractivity contribution in [1.82, 2.24) is 5.32 Å². The van der Waals surface area contributed by atoms with Crippen molar-refractivity contribution < 1.29 is 17.9 Å². The van der Waals surface area contributed by atoms with Crippen LogP contribution in [-0.2, 0) is 16.6 Å². The van der Waals surface area contributed by atoms with Crippen LogP contribution in [0.3, 0.4) is 0 Å². The second kappa shape index (κ2) is 9.45. The number of nitrogens with zero attached hydrogens (tertiary/aromatic N) is 1. The fourth-order valence-electron chi connectivity index (χ4n) is 3.01. The minimum absolute atomic E-state index is 0.162. The third-order valence-corrected chi connectivity index (χ3v) is 6.34. The fraction of sp³-hybridized carbons (Fsp3) is 0.174. The average Bonchev–Trinajstić information content (AvgIpc) is 2.78. The van der Waals surface area contributed by atoms with E-state index in [1.807, 2.05) is 31.2 Å². The van der Waals surface area contributed by atoms with Gasteiger partial charge in [-0.2, -0.15) is 0 Å². The smallest absolute Gasteiger partial charge is 0.264 e. The summed E-state index contributed by atoms with van der Waals surface area (Å²) in [5.41, 5.74) is 1.47. The van der Waals surface area contributed by atoms with Crippen LogP contribution in [0.1, 0.15) is 22.8 Å². The van der Waals surface area contributed by atoms with Crippen LogP contribution < -0.4 is 14.4 Å². The Kier molecular flexibility index (Phi) is 6.74. The summed E-state index contributed by atoms with van der Waals surface area (Å²) in [7, 11) is -2.35. The van der Waals surface area contributed by atoms with Crippen molar-refractivity contribution in [2.75, 3.05) is 18.0 Å². The van der Waals surface area contributed by atoms with Gasteiger partial charge in [-0.05, 0) is 48.9 Å². The van der Waals surface area contributed by atoms with Crippen LogP contribution in [0.25, 0.3) is 0 Å². The molecule has 7 heteroatoms. The first-order valence-corrected chi connectivity index (χ1v) is 11.0. The Balaban J connectivity index is 1.81. The summed E-state index contributed by atoms with van der Waals surface area (Å²) in [4.78, 5) is 13.0. The van der Waals surface area contributed by atoms with Crippen molar-refractivity contribution in [2.45, 2.75) is 18.4 Å². The maximum Gasteiger partial charge on any atom is 0.264 e. The summed E-state index contributed by atoms with van der Waals surface area (Å²) in [6.45, 7) is 2.76. The van der Waals surface area contributed by atoms with E-state index in [1.165, 1.54) is 19.2 Å². The van der Waals surface area contributed by atoms with Crippen molar-refractivity contribution in [1.29, 1.82) is 0 Å². The highest BCUT2D eigenvalue weighted by atomic mass is 32.2. The van der Waals surface area contributed by atoms with E-state index in [4.69, 9.17) is 4.74 Å². The van der Waals surface area contributed by atoms with Crippen molar-refractivity contribution in [3.63, 3.8) is 0 Å². The van der Waals surface area contributed by atoms with Gasteiger partial charge in [-0.25, -0.2) is 8.42 Å². The highest BCUT2D eigenvalue weighted by molar-refractivity contribution is 7.92. The van der Waals surface area contributed by atoms with E-state index in [1.54, 1.807) is 42.5 Å². The molecular formula is C23H24N2O4S. The van der Waals surface area contributed by atoms with Crippen LogP contribution >= 0.6 is 0 Å². The number of carbonyl (C=O) groups excluding carboxylic acids is 1. The molecule has 0 saturated carbocycles. The number of carbonyl (C=O) groups is 1. The Hall–Kier alpha value is -3.32. The molecule has 3 aromatic rings. The van der Waals surface area contributed by atoms with Gasteiger partial charge in [0.25, 0.3) is 15.9 Å². The van der Waals surface area contributed by atoms with Crippen molar-refractivity contribution in [2.24, 2.45) is 0 Å². The predicted molar refractivity (Wildman–Crippen MR) is 117 cm³/mol. The Bertz CT molecular complexity index is 1110. The summed E-state index contributed by atoms with van der Waals surface area (Å²) in [6, 6.07) is 22.2. The monoisotopic (exact) mass is 424 g/mol. The maximum absolute atomic E-state index is 13.0. The van der Waals surface area contributed by atoms with Crippen LogP contribution in [0.2, 0.25) is 0 Å². The van der Waals surface area contributed by atoms with E-state index >= 15 is 0 Å². The van der Waals surface area contributed by atoms with E-state index in [-0.39, 0.29) is 16.4 Å². The van der Waals surface area contributed by atoms with Gasteiger partial charge in [0, 0.05) is 13.6 Å². The third kappa shape index (κ3) is 4.80. The zero-order chi connectivity index (χ0) is 21.6. The largest absolute Gasteiger partial charge is 0.494 e. The minimum Gasteiger partial charge on any atom is -0.494 e. The highest BCUT2D eigenvalue weighted by Crippen LogP contribution is 2.25. The molecule has 0 heterocycles. The van der Waals surface area contributed by atoms with E-state index in [2.05, 4.69) is 5.32 Å². The first-order chi connectivity index (χ1) is 14.4. The van der Waals surface area contributed by atoms with E-state index < -0.39 is 10.0 Å². The molecule has 0 aliphatic rings. The lowest BCUT2D eigenvalue weighted by Crippen LogP contribution is -2.30. The van der Waals surface area contributed by atoms with Crippen LogP contribution in [0.15, 0.2) is 83.8 Å². The molecule has 6 nitrogen and oxygen atoms in total. The lowest BCUT2D eigenvalue weighted by molar-refractivity contribution is 0.0951. The molecule has 30 heavy (non-hydrogen) atoms. The van der Waals surface area contributed by atoms with Crippen LogP contribution in [0, 0.1) is 0 Å². The van der Waals surface area contributed by atoms with Gasteiger partial charge < -0.3 is 10.1 Å². The minimum atomic E-state index is -3.79. The van der Waals surface area contributed by atoms with Crippen molar-refractivity contribution in [3.8, 4) is 5.75 Å². The van der Waals surface area contributed by atoms with E-state index in [9.17, 15) is 13.2 Å². The zero-order valence-electron chi connectivity index (χ0n) is 16.9. The Labute approximate surface area is 177 Å². The molecule has 0 aromatic heterocycles. The third-order valence-electron chi connectivity index (χ3n) is 4.55. The summed E-state index contributed by atoms with van der Waals surface area (Å²) in [6.07, 6.45) is 0. The van der Waals surface area contributed by atoms with Crippen LogP contribution in [-0.4, -0.2) is 28.0 Å². The topological polar surface area (TPSA) is 75.7 Å². The molecule has 0 aliphatic carbocycles. The number of sulfonamides is 1. The van der Waals surface area contributed by atoms with Gasteiger partial charge in [-0.3, -0.25) is 9.10 Å².